The van der Waals surface area contributed by atoms with Crippen LogP contribution < -0.4 is 0 Å². The maximum atomic E-state index is 12.9. The maximum absolute atomic E-state index is 12.9. The molecule has 8 nitrogen and oxygen atoms in total. The predicted octanol–water partition coefficient (Wildman–Crippen LogP) is 1.96. The summed E-state index contributed by atoms with van der Waals surface area (Å²) in [6.45, 7) is 3.28. The van der Waals surface area contributed by atoms with Gasteiger partial charge in [0.2, 0.25) is 5.76 Å². The van der Waals surface area contributed by atoms with Crippen LogP contribution in [0.1, 0.15) is 52.8 Å². The highest BCUT2D eigenvalue weighted by atomic mass is 16.5. The molecule has 0 spiro atoms. The fourth-order valence-corrected chi connectivity index (χ4v) is 3.89. The minimum Gasteiger partial charge on any atom is -0.438 e. The van der Waals surface area contributed by atoms with Crippen LogP contribution in [0.3, 0.4) is 0 Å². The Morgan fingerprint density at radius 2 is 2.35 bits per heavy atom. The number of fused-ring (bicyclic) bond motifs is 1. The fourth-order valence-electron chi connectivity index (χ4n) is 3.89. The van der Waals surface area contributed by atoms with Gasteiger partial charge in [-0.3, -0.25) is 9.48 Å². The van der Waals surface area contributed by atoms with E-state index in [9.17, 15) is 4.79 Å². The van der Waals surface area contributed by atoms with Crippen LogP contribution in [0.2, 0.25) is 0 Å². The van der Waals surface area contributed by atoms with Crippen molar-refractivity contribution in [3.8, 4) is 0 Å². The molecule has 0 saturated carbocycles. The van der Waals surface area contributed by atoms with Crippen LogP contribution in [0.25, 0.3) is 0 Å². The first-order valence-corrected chi connectivity index (χ1v) is 9.14. The lowest BCUT2D eigenvalue weighted by Gasteiger charge is -2.34. The van der Waals surface area contributed by atoms with E-state index >= 15 is 0 Å². The predicted molar refractivity (Wildman–Crippen MR) is 91.6 cm³/mol. The number of ether oxygens (including phenoxy) is 2. The molecule has 1 unspecified atom stereocenters. The van der Waals surface area contributed by atoms with Gasteiger partial charge in [0, 0.05) is 31.3 Å². The second kappa shape index (κ2) is 7.59. The number of oxazole rings is 1. The molecule has 2 aromatic rings. The van der Waals surface area contributed by atoms with E-state index in [0.717, 1.165) is 36.9 Å². The molecule has 2 aromatic heterocycles. The Bertz CT molecular complexity index is 756. The highest BCUT2D eigenvalue weighted by Crippen LogP contribution is 2.35. The normalized spacial score (nSPS) is 20.2. The van der Waals surface area contributed by atoms with Crippen LogP contribution in [0.5, 0.6) is 0 Å². The van der Waals surface area contributed by atoms with Crippen molar-refractivity contribution in [1.29, 1.82) is 0 Å². The van der Waals surface area contributed by atoms with Crippen molar-refractivity contribution in [2.45, 2.75) is 44.9 Å². The largest absolute Gasteiger partial charge is 0.438 e. The van der Waals surface area contributed by atoms with Crippen molar-refractivity contribution in [3.05, 3.63) is 35.3 Å². The summed E-state index contributed by atoms with van der Waals surface area (Å²) >= 11 is 0. The van der Waals surface area contributed by atoms with Crippen LogP contribution in [0, 0.1) is 0 Å². The third-order valence-corrected chi connectivity index (χ3v) is 5.16. The Kier molecular flexibility index (Phi) is 5.03. The van der Waals surface area contributed by atoms with E-state index in [-0.39, 0.29) is 17.7 Å². The van der Waals surface area contributed by atoms with Gasteiger partial charge >= 0.3 is 0 Å². The molecule has 4 heterocycles. The Morgan fingerprint density at radius 1 is 1.42 bits per heavy atom. The Balaban J connectivity index is 1.68. The summed E-state index contributed by atoms with van der Waals surface area (Å²) in [6, 6.07) is -0.0550. The summed E-state index contributed by atoms with van der Waals surface area (Å²) in [4.78, 5) is 18.7. The zero-order chi connectivity index (χ0) is 17.9. The van der Waals surface area contributed by atoms with Gasteiger partial charge in [-0.1, -0.05) is 0 Å². The Morgan fingerprint density at radius 3 is 3.15 bits per heavy atom. The van der Waals surface area contributed by atoms with Crippen molar-refractivity contribution in [3.63, 3.8) is 0 Å². The van der Waals surface area contributed by atoms with E-state index in [1.165, 1.54) is 18.3 Å². The van der Waals surface area contributed by atoms with Gasteiger partial charge in [0.05, 0.1) is 44.3 Å². The van der Waals surface area contributed by atoms with Gasteiger partial charge in [-0.05, 0) is 19.3 Å². The second-order valence-corrected chi connectivity index (χ2v) is 6.70. The van der Waals surface area contributed by atoms with E-state index in [2.05, 4.69) is 4.98 Å². The van der Waals surface area contributed by atoms with E-state index in [1.807, 2.05) is 9.58 Å². The molecule has 4 rings (SSSR count). The molecule has 1 atom stereocenters. The number of rotatable bonds is 5. The molecule has 0 N–H and O–H groups in total. The standard InChI is InChI=1S/C18H24N4O4/c1-24-9-7-22-14-5-8-25-11-13(14)17(20-22)15-4-2-3-6-21(15)18(23)16-10-19-12-26-16/h10,12,15H,2-9,11H2,1H3. The minimum atomic E-state index is -0.121. The number of carbonyl (C=O) groups is 1. The zero-order valence-corrected chi connectivity index (χ0v) is 15.0. The van der Waals surface area contributed by atoms with E-state index in [4.69, 9.17) is 19.0 Å². The number of aromatic nitrogens is 3. The third-order valence-electron chi connectivity index (χ3n) is 5.16. The van der Waals surface area contributed by atoms with Gasteiger partial charge in [-0.15, -0.1) is 0 Å². The van der Waals surface area contributed by atoms with Crippen LogP contribution in [-0.4, -0.2) is 52.4 Å². The number of piperidine rings is 1. The number of amides is 1. The zero-order valence-electron chi connectivity index (χ0n) is 15.0. The molecule has 1 fully saturated rings. The maximum Gasteiger partial charge on any atom is 0.291 e. The minimum absolute atomic E-state index is 0.0550. The summed E-state index contributed by atoms with van der Waals surface area (Å²) in [5, 5.41) is 4.88. The van der Waals surface area contributed by atoms with Crippen molar-refractivity contribution >= 4 is 5.91 Å². The molecule has 8 heteroatoms. The topological polar surface area (TPSA) is 82.6 Å². The molecule has 2 aliphatic heterocycles. The summed E-state index contributed by atoms with van der Waals surface area (Å²) in [5.74, 6) is 0.157. The molecule has 0 aliphatic carbocycles. The van der Waals surface area contributed by atoms with Gasteiger partial charge < -0.3 is 18.8 Å². The summed E-state index contributed by atoms with van der Waals surface area (Å²) < 4.78 is 18.2. The number of likely N-dealkylation sites (tertiary alicyclic amines) is 1. The van der Waals surface area contributed by atoms with Gasteiger partial charge in [0.15, 0.2) is 6.39 Å². The first-order chi connectivity index (χ1) is 12.8. The summed E-state index contributed by atoms with van der Waals surface area (Å²) in [5.41, 5.74) is 3.30. The van der Waals surface area contributed by atoms with E-state index in [1.54, 1.807) is 7.11 Å². The Labute approximate surface area is 152 Å². The SMILES string of the molecule is COCCn1nc(C2CCCCN2C(=O)c2cnco2)c2c1CCOC2. The van der Waals surface area contributed by atoms with Crippen LogP contribution in [0.15, 0.2) is 17.0 Å². The number of methoxy groups -OCH3 is 1. The summed E-state index contributed by atoms with van der Waals surface area (Å²) in [6.07, 6.45) is 6.57. The average Bonchev–Trinajstić information content (AvgIpc) is 3.34. The molecule has 0 aromatic carbocycles. The van der Waals surface area contributed by atoms with Crippen molar-refractivity contribution in [2.75, 3.05) is 26.9 Å². The average molecular weight is 360 g/mol. The Hall–Kier alpha value is -2.19. The van der Waals surface area contributed by atoms with Gasteiger partial charge in [-0.2, -0.15) is 5.10 Å². The van der Waals surface area contributed by atoms with Gasteiger partial charge in [0.25, 0.3) is 5.91 Å². The summed E-state index contributed by atoms with van der Waals surface area (Å²) in [7, 11) is 1.69. The molecule has 1 saturated heterocycles. The highest BCUT2D eigenvalue weighted by molar-refractivity contribution is 5.91. The third kappa shape index (κ3) is 3.14. The number of hydrogen-bond acceptors (Lipinski definition) is 6. The van der Waals surface area contributed by atoms with Crippen LogP contribution in [-0.2, 0) is 29.0 Å². The number of carbonyl (C=O) groups excluding carboxylic acids is 1. The molecule has 140 valence electrons. The first-order valence-electron chi connectivity index (χ1n) is 9.14. The molecule has 0 bridgehead atoms. The molecule has 2 aliphatic rings. The molecular weight excluding hydrogens is 336 g/mol. The first kappa shape index (κ1) is 17.2. The quantitative estimate of drug-likeness (QED) is 0.811. The molecule has 1 amide bonds. The van der Waals surface area contributed by atoms with Crippen molar-refractivity contribution in [1.82, 2.24) is 19.7 Å². The van der Waals surface area contributed by atoms with Gasteiger partial charge in [-0.25, -0.2) is 4.98 Å². The second-order valence-electron chi connectivity index (χ2n) is 6.70. The monoisotopic (exact) mass is 360 g/mol. The van der Waals surface area contributed by atoms with E-state index < -0.39 is 0 Å². The van der Waals surface area contributed by atoms with Crippen LogP contribution >= 0.6 is 0 Å². The van der Waals surface area contributed by atoms with Gasteiger partial charge in [0.1, 0.15) is 0 Å². The van der Waals surface area contributed by atoms with E-state index in [0.29, 0.717) is 32.9 Å². The number of nitrogens with zero attached hydrogens (tertiary/aromatic N) is 4. The van der Waals surface area contributed by atoms with Crippen LogP contribution in [0.4, 0.5) is 0 Å². The smallest absolute Gasteiger partial charge is 0.291 e. The van der Waals surface area contributed by atoms with Crippen molar-refractivity contribution < 1.29 is 18.7 Å². The molecule has 0 radical (unpaired) electrons. The lowest BCUT2D eigenvalue weighted by Crippen LogP contribution is -2.39. The fraction of sp³-hybridized carbons (Fsp3) is 0.611. The number of hydrogen-bond donors (Lipinski definition) is 0. The lowest BCUT2D eigenvalue weighted by molar-refractivity contribution is 0.0564. The van der Waals surface area contributed by atoms with Crippen molar-refractivity contribution in [2.24, 2.45) is 0 Å². The molecular formula is C18H24N4O4. The highest BCUT2D eigenvalue weighted by Gasteiger charge is 2.35. The molecule has 26 heavy (non-hydrogen) atoms. The lowest BCUT2D eigenvalue weighted by atomic mass is 9.95.